The number of amides is 3. The highest BCUT2D eigenvalue weighted by molar-refractivity contribution is 8.01. The summed E-state index contributed by atoms with van der Waals surface area (Å²) in [6.07, 6.45) is 0. The minimum atomic E-state index is -1.40. The molecule has 3 N–H and O–H groups in total. The van der Waals surface area contributed by atoms with Crippen LogP contribution in [-0.4, -0.2) is 83.2 Å². The SMILES string of the molecule is Cc1nnc(SCC2=C(C(=O)O)N3C(=O)C(N(C(=O)COc4ccccc4[N+](=O)[O-])C(=O)[C@H](N)c4ccccc4)[C@H]3SC2)o1. The van der Waals surface area contributed by atoms with Gasteiger partial charge in [-0.25, -0.2) is 4.79 Å². The molecule has 3 atom stereocenters. The first-order valence-electron chi connectivity index (χ1n) is 12.9. The third-order valence-electron chi connectivity index (χ3n) is 6.72. The second kappa shape index (κ2) is 12.9. The fourth-order valence-electron chi connectivity index (χ4n) is 4.67. The molecule has 5 rings (SSSR count). The average molecular weight is 641 g/mol. The van der Waals surface area contributed by atoms with E-state index in [1.165, 1.54) is 36.0 Å². The number of hydrogen-bond donors (Lipinski definition) is 2. The summed E-state index contributed by atoms with van der Waals surface area (Å²) in [5, 5.41) is 28.4. The number of carbonyl (C=O) groups is 4. The van der Waals surface area contributed by atoms with Gasteiger partial charge >= 0.3 is 11.7 Å². The zero-order chi connectivity index (χ0) is 31.5. The molecule has 0 radical (unpaired) electrons. The quantitative estimate of drug-likeness (QED) is 0.133. The van der Waals surface area contributed by atoms with Crippen LogP contribution in [0.2, 0.25) is 0 Å². The topological polar surface area (TPSA) is 212 Å². The smallest absolute Gasteiger partial charge is 0.352 e. The molecule has 17 heteroatoms. The van der Waals surface area contributed by atoms with Gasteiger partial charge in [-0.3, -0.25) is 34.3 Å². The molecule has 2 aliphatic rings. The normalized spacial score (nSPS) is 18.2. The number of nitro groups is 1. The van der Waals surface area contributed by atoms with Crippen molar-refractivity contribution >= 4 is 52.9 Å². The lowest BCUT2D eigenvalue weighted by atomic mass is 9.99. The number of thioether (sulfide) groups is 2. The number of benzene rings is 2. The van der Waals surface area contributed by atoms with Gasteiger partial charge in [-0.05, 0) is 17.2 Å². The molecule has 1 fully saturated rings. The van der Waals surface area contributed by atoms with Crippen molar-refractivity contribution in [3.05, 3.63) is 87.4 Å². The summed E-state index contributed by atoms with van der Waals surface area (Å²) < 4.78 is 10.8. The number of nitro benzene ring substituents is 1. The monoisotopic (exact) mass is 640 g/mol. The van der Waals surface area contributed by atoms with Crippen LogP contribution >= 0.6 is 23.5 Å². The van der Waals surface area contributed by atoms with Crippen molar-refractivity contribution < 1.29 is 38.4 Å². The van der Waals surface area contributed by atoms with Crippen molar-refractivity contribution in [1.29, 1.82) is 0 Å². The van der Waals surface area contributed by atoms with E-state index in [9.17, 15) is 34.4 Å². The number of nitrogens with zero attached hydrogens (tertiary/aromatic N) is 5. The van der Waals surface area contributed by atoms with Gasteiger partial charge in [0.15, 0.2) is 12.4 Å². The lowest BCUT2D eigenvalue weighted by Crippen LogP contribution is -2.73. The number of aryl methyl sites for hydroxylation is 1. The molecule has 3 amide bonds. The van der Waals surface area contributed by atoms with Crippen LogP contribution in [0.5, 0.6) is 5.75 Å². The number of carbonyl (C=O) groups excluding carboxylic acids is 3. The maximum atomic E-state index is 13.7. The lowest BCUT2D eigenvalue weighted by Gasteiger charge is -2.52. The summed E-state index contributed by atoms with van der Waals surface area (Å²) in [6, 6.07) is 10.8. The third-order valence-corrected chi connectivity index (χ3v) is 8.95. The number of hydrogen-bond acceptors (Lipinski definition) is 13. The number of aromatic nitrogens is 2. The van der Waals surface area contributed by atoms with Gasteiger partial charge in [-0.15, -0.1) is 22.0 Å². The van der Waals surface area contributed by atoms with E-state index in [1.54, 1.807) is 37.3 Å². The second-order valence-electron chi connectivity index (χ2n) is 9.49. The van der Waals surface area contributed by atoms with Crippen LogP contribution in [0.4, 0.5) is 5.69 Å². The Bertz CT molecular complexity index is 1660. The summed E-state index contributed by atoms with van der Waals surface area (Å²) >= 11 is 2.28. The average Bonchev–Trinajstić information content (AvgIpc) is 3.45. The molecule has 228 valence electrons. The van der Waals surface area contributed by atoms with Crippen molar-refractivity contribution in [1.82, 2.24) is 20.0 Å². The molecule has 1 unspecified atom stereocenters. The number of para-hydroxylation sites is 2. The highest BCUT2D eigenvalue weighted by atomic mass is 32.2. The van der Waals surface area contributed by atoms with Gasteiger partial charge in [0, 0.05) is 24.5 Å². The summed E-state index contributed by atoms with van der Waals surface area (Å²) in [6.45, 7) is 0.787. The zero-order valence-electron chi connectivity index (χ0n) is 22.9. The van der Waals surface area contributed by atoms with Crippen LogP contribution in [0.25, 0.3) is 0 Å². The Morgan fingerprint density at radius 3 is 2.59 bits per heavy atom. The standard InChI is InChI=1S/C27H24N6O9S2/c1-14-29-30-27(42-14)44-13-16-12-43-25-22(24(36)32(25)21(16)26(37)38)31(23(35)20(28)15-7-3-2-4-8-15)19(34)11-41-18-10-6-5-9-17(18)33(39)40/h2-10,20,22,25H,11-13,28H2,1H3,(H,37,38)/t20-,22?,25-/m1/s1. The van der Waals surface area contributed by atoms with E-state index in [0.717, 1.165) is 16.7 Å². The molecule has 3 heterocycles. The van der Waals surface area contributed by atoms with Gasteiger partial charge in [-0.1, -0.05) is 54.2 Å². The Morgan fingerprint density at radius 1 is 1.23 bits per heavy atom. The molecule has 0 bridgehead atoms. The van der Waals surface area contributed by atoms with Crippen LogP contribution < -0.4 is 10.5 Å². The number of β-lactam (4-membered cyclic amide) rings is 1. The molecular formula is C27H24N6O9S2. The second-order valence-corrected chi connectivity index (χ2v) is 11.5. The Labute approximate surface area is 257 Å². The number of aliphatic carboxylic acids is 1. The van der Waals surface area contributed by atoms with Crippen molar-refractivity contribution in [2.45, 2.75) is 29.6 Å². The van der Waals surface area contributed by atoms with Gasteiger partial charge in [0.05, 0.1) is 4.92 Å². The molecule has 3 aromatic rings. The van der Waals surface area contributed by atoms with E-state index >= 15 is 0 Å². The molecule has 0 spiro atoms. The number of carboxylic acid groups (broad SMARTS) is 1. The van der Waals surface area contributed by atoms with Crippen LogP contribution in [-0.2, 0) is 19.2 Å². The Hall–Kier alpha value is -4.74. The Morgan fingerprint density at radius 2 is 1.93 bits per heavy atom. The fraction of sp³-hybridized carbons (Fsp3) is 0.259. The largest absolute Gasteiger partial charge is 0.477 e. The molecule has 0 aliphatic carbocycles. The molecule has 1 aromatic heterocycles. The number of carboxylic acids is 1. The minimum absolute atomic E-state index is 0.140. The summed E-state index contributed by atoms with van der Waals surface area (Å²) in [4.78, 5) is 65.7. The Kier molecular flexibility index (Phi) is 8.98. The minimum Gasteiger partial charge on any atom is -0.477 e. The first-order chi connectivity index (χ1) is 21.1. The predicted octanol–water partition coefficient (Wildman–Crippen LogP) is 2.13. The molecule has 44 heavy (non-hydrogen) atoms. The Balaban J connectivity index is 1.42. The zero-order valence-corrected chi connectivity index (χ0v) is 24.5. The molecule has 2 aromatic carbocycles. The van der Waals surface area contributed by atoms with Crippen LogP contribution in [0.1, 0.15) is 17.5 Å². The van der Waals surface area contributed by atoms with Crippen LogP contribution in [0, 0.1) is 17.0 Å². The molecular weight excluding hydrogens is 616 g/mol. The van der Waals surface area contributed by atoms with Gasteiger partial charge in [0.2, 0.25) is 5.89 Å². The van der Waals surface area contributed by atoms with Crippen molar-refractivity contribution in [3.8, 4) is 5.75 Å². The van der Waals surface area contributed by atoms with Crippen molar-refractivity contribution in [2.75, 3.05) is 18.1 Å². The molecule has 2 aliphatic heterocycles. The van der Waals surface area contributed by atoms with E-state index in [0.29, 0.717) is 21.9 Å². The fourth-order valence-corrected chi connectivity index (χ4v) is 7.00. The summed E-state index contributed by atoms with van der Waals surface area (Å²) in [7, 11) is 0. The van der Waals surface area contributed by atoms with Gasteiger partial charge < -0.3 is 20.0 Å². The van der Waals surface area contributed by atoms with Crippen molar-refractivity contribution in [3.63, 3.8) is 0 Å². The number of rotatable bonds is 11. The van der Waals surface area contributed by atoms with E-state index < -0.39 is 58.4 Å². The predicted molar refractivity (Wildman–Crippen MR) is 155 cm³/mol. The van der Waals surface area contributed by atoms with Gasteiger partial charge in [-0.2, -0.15) is 0 Å². The molecule has 1 saturated heterocycles. The maximum absolute atomic E-state index is 13.7. The van der Waals surface area contributed by atoms with E-state index in [1.807, 2.05) is 0 Å². The number of fused-ring (bicyclic) bond motifs is 1. The molecule has 15 nitrogen and oxygen atoms in total. The summed E-state index contributed by atoms with van der Waals surface area (Å²) in [5.74, 6) is -3.62. The maximum Gasteiger partial charge on any atom is 0.352 e. The highest BCUT2D eigenvalue weighted by Crippen LogP contribution is 2.44. The number of ether oxygens (including phenoxy) is 1. The van der Waals surface area contributed by atoms with Crippen LogP contribution in [0.15, 0.2) is 75.5 Å². The van der Waals surface area contributed by atoms with Crippen LogP contribution in [0.3, 0.4) is 0 Å². The highest BCUT2D eigenvalue weighted by Gasteiger charge is 2.58. The molecule has 0 saturated carbocycles. The van der Waals surface area contributed by atoms with Gasteiger partial charge in [0.1, 0.15) is 23.2 Å². The summed E-state index contributed by atoms with van der Waals surface area (Å²) in [5.41, 5.74) is 6.37. The van der Waals surface area contributed by atoms with Crippen molar-refractivity contribution in [2.24, 2.45) is 5.73 Å². The van der Waals surface area contributed by atoms with Gasteiger partial charge in [0.25, 0.3) is 22.9 Å². The number of imide groups is 1. The number of nitrogens with two attached hydrogens (primary N) is 1. The van der Waals surface area contributed by atoms with E-state index in [2.05, 4.69) is 10.2 Å². The van der Waals surface area contributed by atoms with E-state index in [4.69, 9.17) is 14.9 Å². The lowest BCUT2D eigenvalue weighted by molar-refractivity contribution is -0.385. The first kappa shape index (κ1) is 30.7. The van der Waals surface area contributed by atoms with E-state index in [-0.39, 0.29) is 28.2 Å². The third kappa shape index (κ3) is 6.01. The first-order valence-corrected chi connectivity index (χ1v) is 15.0.